The van der Waals surface area contributed by atoms with Crippen molar-refractivity contribution < 1.29 is 23.1 Å². The van der Waals surface area contributed by atoms with Gasteiger partial charge in [0.05, 0.1) is 11.1 Å². The molecule has 1 aromatic heterocycles. The maximum Gasteiger partial charge on any atom is 0.416 e. The van der Waals surface area contributed by atoms with Crippen LogP contribution in [0.3, 0.4) is 0 Å². The molecule has 3 aromatic rings. The van der Waals surface area contributed by atoms with Crippen LogP contribution in [0, 0.1) is 0 Å². The Kier molecular flexibility index (Phi) is 4.26. The van der Waals surface area contributed by atoms with E-state index in [4.69, 9.17) is 10.8 Å². The number of fused-ring (bicyclic) bond motifs is 1. The van der Waals surface area contributed by atoms with E-state index in [9.17, 15) is 18.0 Å². The molecular weight excluding hydrogens is 333 g/mol. The second-order valence-corrected chi connectivity index (χ2v) is 5.77. The Hall–Kier alpha value is -2.80. The molecule has 0 saturated carbocycles. The van der Waals surface area contributed by atoms with E-state index >= 15 is 0 Å². The summed E-state index contributed by atoms with van der Waals surface area (Å²) in [5.41, 5.74) is 7.25. The number of aromatic nitrogens is 1. The molecule has 0 radical (unpaired) electrons. The van der Waals surface area contributed by atoms with E-state index in [2.05, 4.69) is 4.98 Å². The molecule has 3 rings (SSSR count). The van der Waals surface area contributed by atoms with Gasteiger partial charge in [0.25, 0.3) is 0 Å². The molecule has 0 aliphatic rings. The molecular formula is C18H15F3N2O2. The fourth-order valence-electron chi connectivity index (χ4n) is 2.81. The predicted molar refractivity (Wildman–Crippen MR) is 88.1 cm³/mol. The summed E-state index contributed by atoms with van der Waals surface area (Å²) in [5.74, 6) is -1.11. The summed E-state index contributed by atoms with van der Waals surface area (Å²) in [6, 6.07) is 9.27. The zero-order valence-corrected chi connectivity index (χ0v) is 13.0. The number of rotatable bonds is 4. The van der Waals surface area contributed by atoms with Crippen molar-refractivity contribution in [3.8, 4) is 11.1 Å². The van der Waals surface area contributed by atoms with E-state index in [1.54, 1.807) is 30.5 Å². The number of H-pyrrole nitrogens is 1. The van der Waals surface area contributed by atoms with Gasteiger partial charge in [-0.2, -0.15) is 13.2 Å². The zero-order chi connectivity index (χ0) is 18.2. The van der Waals surface area contributed by atoms with Crippen LogP contribution in [0.5, 0.6) is 0 Å². The van der Waals surface area contributed by atoms with Crippen molar-refractivity contribution in [1.29, 1.82) is 0 Å². The van der Waals surface area contributed by atoms with Gasteiger partial charge in [0.2, 0.25) is 0 Å². The van der Waals surface area contributed by atoms with E-state index in [0.29, 0.717) is 22.2 Å². The third-order valence-electron chi connectivity index (χ3n) is 4.06. The second-order valence-electron chi connectivity index (χ2n) is 5.77. The lowest BCUT2D eigenvalue weighted by Crippen LogP contribution is -2.32. The summed E-state index contributed by atoms with van der Waals surface area (Å²) in [5, 5.41) is 9.69. The van der Waals surface area contributed by atoms with Crippen molar-refractivity contribution in [1.82, 2.24) is 4.98 Å². The smallest absolute Gasteiger partial charge is 0.416 e. The highest BCUT2D eigenvalue weighted by Crippen LogP contribution is 2.35. The van der Waals surface area contributed by atoms with E-state index in [1.807, 2.05) is 0 Å². The van der Waals surface area contributed by atoms with Gasteiger partial charge in [0.1, 0.15) is 6.04 Å². The molecule has 1 atom stereocenters. The Bertz CT molecular complexity index is 931. The van der Waals surface area contributed by atoms with Crippen LogP contribution in [0.15, 0.2) is 48.7 Å². The monoisotopic (exact) mass is 348 g/mol. The Labute approximate surface area is 141 Å². The van der Waals surface area contributed by atoms with Crippen LogP contribution in [-0.4, -0.2) is 22.1 Å². The lowest BCUT2D eigenvalue weighted by molar-refractivity contribution is -0.139. The van der Waals surface area contributed by atoms with Gasteiger partial charge in [-0.15, -0.1) is 0 Å². The maximum atomic E-state index is 12.9. The summed E-state index contributed by atoms with van der Waals surface area (Å²) in [4.78, 5) is 14.0. The minimum atomic E-state index is -4.42. The van der Waals surface area contributed by atoms with Crippen molar-refractivity contribution in [3.05, 3.63) is 59.8 Å². The number of carboxylic acid groups (broad SMARTS) is 1. The largest absolute Gasteiger partial charge is 0.480 e. The molecule has 0 amide bonds. The average molecular weight is 348 g/mol. The number of nitrogens with two attached hydrogens (primary N) is 1. The molecule has 4 nitrogen and oxygen atoms in total. The standard InChI is InChI=1S/C18H15F3N2O2/c19-18(20,21)12-4-1-3-10(7-12)13-5-2-6-14-11(9-23-16(13)14)8-15(22)17(24)25/h1-7,9,15,23H,8,22H2,(H,24,25)/t15-/m0/s1. The van der Waals surface area contributed by atoms with Crippen LogP contribution in [0.4, 0.5) is 13.2 Å². The summed E-state index contributed by atoms with van der Waals surface area (Å²) in [7, 11) is 0. The summed E-state index contributed by atoms with van der Waals surface area (Å²) < 4.78 is 38.8. The van der Waals surface area contributed by atoms with Gasteiger partial charge in [-0.05, 0) is 23.3 Å². The number of aliphatic carboxylic acids is 1. The molecule has 1 heterocycles. The van der Waals surface area contributed by atoms with Gasteiger partial charge < -0.3 is 15.8 Å². The highest BCUT2D eigenvalue weighted by molar-refractivity contribution is 5.96. The van der Waals surface area contributed by atoms with Gasteiger partial charge in [0.15, 0.2) is 0 Å². The summed E-state index contributed by atoms with van der Waals surface area (Å²) in [6.07, 6.45) is -2.65. The van der Waals surface area contributed by atoms with E-state index in [0.717, 1.165) is 17.5 Å². The number of hydrogen-bond acceptors (Lipinski definition) is 2. The lowest BCUT2D eigenvalue weighted by Gasteiger charge is -2.10. The Morgan fingerprint density at radius 1 is 1.20 bits per heavy atom. The minimum absolute atomic E-state index is 0.126. The SMILES string of the molecule is N[C@@H](Cc1c[nH]c2c(-c3cccc(C(F)(F)F)c3)cccc12)C(=O)O. The van der Waals surface area contributed by atoms with Crippen molar-refractivity contribution in [2.45, 2.75) is 18.6 Å². The molecule has 130 valence electrons. The maximum absolute atomic E-state index is 12.9. The first-order valence-electron chi connectivity index (χ1n) is 7.52. The third-order valence-corrected chi connectivity index (χ3v) is 4.06. The first-order valence-corrected chi connectivity index (χ1v) is 7.52. The molecule has 0 unspecified atom stereocenters. The third kappa shape index (κ3) is 3.36. The minimum Gasteiger partial charge on any atom is -0.480 e. The fraction of sp³-hybridized carbons (Fsp3) is 0.167. The van der Waals surface area contributed by atoms with Crippen LogP contribution in [0.2, 0.25) is 0 Å². The number of para-hydroxylation sites is 1. The van der Waals surface area contributed by atoms with Crippen LogP contribution >= 0.6 is 0 Å². The quantitative estimate of drug-likeness (QED) is 0.671. The molecule has 4 N–H and O–H groups in total. The molecule has 0 fully saturated rings. The van der Waals surface area contributed by atoms with Crippen molar-refractivity contribution >= 4 is 16.9 Å². The average Bonchev–Trinajstić information content (AvgIpc) is 2.97. The molecule has 2 aromatic carbocycles. The van der Waals surface area contributed by atoms with Crippen molar-refractivity contribution in [3.63, 3.8) is 0 Å². The number of aromatic amines is 1. The molecule has 0 aliphatic heterocycles. The zero-order valence-electron chi connectivity index (χ0n) is 13.0. The van der Waals surface area contributed by atoms with Crippen LogP contribution in [0.25, 0.3) is 22.0 Å². The molecule has 0 bridgehead atoms. The molecule has 0 spiro atoms. The molecule has 0 aliphatic carbocycles. The summed E-state index contributed by atoms with van der Waals surface area (Å²) in [6.45, 7) is 0. The lowest BCUT2D eigenvalue weighted by atomic mass is 9.98. The number of nitrogens with one attached hydrogen (secondary N) is 1. The van der Waals surface area contributed by atoms with Gasteiger partial charge in [-0.3, -0.25) is 4.79 Å². The number of hydrogen-bond donors (Lipinski definition) is 3. The summed E-state index contributed by atoms with van der Waals surface area (Å²) >= 11 is 0. The first kappa shape index (κ1) is 17.0. The van der Waals surface area contributed by atoms with Gasteiger partial charge in [-0.25, -0.2) is 0 Å². The van der Waals surface area contributed by atoms with Crippen molar-refractivity contribution in [2.24, 2.45) is 5.73 Å². The number of carboxylic acids is 1. The highest BCUT2D eigenvalue weighted by Gasteiger charge is 2.30. The van der Waals surface area contributed by atoms with E-state index in [-0.39, 0.29) is 6.42 Å². The van der Waals surface area contributed by atoms with Gasteiger partial charge in [-0.1, -0.05) is 30.3 Å². The predicted octanol–water partition coefficient (Wildman–Crippen LogP) is 3.81. The normalized spacial score (nSPS) is 13.1. The Balaban J connectivity index is 2.07. The second kappa shape index (κ2) is 6.25. The first-order chi connectivity index (χ1) is 11.8. The van der Waals surface area contributed by atoms with E-state index in [1.165, 1.54) is 6.07 Å². The van der Waals surface area contributed by atoms with Crippen LogP contribution in [0.1, 0.15) is 11.1 Å². The molecule has 25 heavy (non-hydrogen) atoms. The topological polar surface area (TPSA) is 79.1 Å². The number of halogens is 3. The number of benzene rings is 2. The van der Waals surface area contributed by atoms with Crippen LogP contribution in [-0.2, 0) is 17.4 Å². The van der Waals surface area contributed by atoms with E-state index < -0.39 is 23.8 Å². The molecule has 0 saturated heterocycles. The molecule has 7 heteroatoms. The fourth-order valence-corrected chi connectivity index (χ4v) is 2.81. The number of carbonyl (C=O) groups is 1. The van der Waals surface area contributed by atoms with Crippen molar-refractivity contribution in [2.75, 3.05) is 0 Å². The van der Waals surface area contributed by atoms with Gasteiger partial charge in [0, 0.05) is 23.6 Å². The highest BCUT2D eigenvalue weighted by atomic mass is 19.4. The Morgan fingerprint density at radius 2 is 1.92 bits per heavy atom. The van der Waals surface area contributed by atoms with Gasteiger partial charge >= 0.3 is 12.1 Å². The Morgan fingerprint density at radius 3 is 2.60 bits per heavy atom. The van der Waals surface area contributed by atoms with Crippen LogP contribution < -0.4 is 5.73 Å². The number of alkyl halides is 3.